The van der Waals surface area contributed by atoms with E-state index in [-0.39, 0.29) is 5.04 Å². The Morgan fingerprint density at radius 3 is 1.71 bits per heavy atom. The Labute approximate surface area is 134 Å². The van der Waals surface area contributed by atoms with E-state index in [1.807, 2.05) is 14.2 Å². The predicted octanol–water partition coefficient (Wildman–Crippen LogP) is 5.62. The van der Waals surface area contributed by atoms with Crippen molar-refractivity contribution in [1.29, 1.82) is 0 Å². The molecule has 0 aromatic carbocycles. The summed E-state index contributed by atoms with van der Waals surface area (Å²) in [5.74, 6) is 2.65. The van der Waals surface area contributed by atoms with E-state index in [0.717, 1.165) is 0 Å². The molecule has 126 valence electrons. The van der Waals surface area contributed by atoms with Crippen molar-refractivity contribution in [3.63, 3.8) is 0 Å². The van der Waals surface area contributed by atoms with Gasteiger partial charge in [0.05, 0.1) is 0 Å². The summed E-state index contributed by atoms with van der Waals surface area (Å²) >= 11 is 0. The predicted molar refractivity (Wildman–Crippen MR) is 93.7 cm³/mol. The highest BCUT2D eigenvalue weighted by molar-refractivity contribution is 6.72. The minimum absolute atomic E-state index is 0.106. The second kappa shape index (κ2) is 7.14. The van der Waals surface area contributed by atoms with E-state index in [9.17, 15) is 0 Å². The van der Waals surface area contributed by atoms with Gasteiger partial charge in [-0.05, 0) is 23.7 Å². The molecule has 0 aromatic heterocycles. The van der Waals surface area contributed by atoms with Crippen molar-refractivity contribution < 1.29 is 8.85 Å². The van der Waals surface area contributed by atoms with Crippen molar-refractivity contribution in [2.75, 3.05) is 14.2 Å². The van der Waals surface area contributed by atoms with Crippen LogP contribution in [0.15, 0.2) is 0 Å². The van der Waals surface area contributed by atoms with Gasteiger partial charge in [-0.1, -0.05) is 67.7 Å². The van der Waals surface area contributed by atoms with Crippen molar-refractivity contribution in [3.05, 3.63) is 0 Å². The lowest BCUT2D eigenvalue weighted by atomic mass is 9.82. The van der Waals surface area contributed by atoms with Crippen LogP contribution in [0.4, 0.5) is 0 Å². The van der Waals surface area contributed by atoms with Crippen LogP contribution < -0.4 is 0 Å². The van der Waals surface area contributed by atoms with Gasteiger partial charge in [-0.25, -0.2) is 0 Å². The minimum atomic E-state index is -2.32. The highest BCUT2D eigenvalue weighted by Gasteiger charge is 2.61. The van der Waals surface area contributed by atoms with Gasteiger partial charge < -0.3 is 8.85 Å². The normalized spacial score (nSPS) is 29.7. The Morgan fingerprint density at radius 2 is 1.38 bits per heavy atom. The maximum Gasteiger partial charge on any atom is 0.347 e. The number of hydrogen-bond donors (Lipinski definition) is 0. The Kier molecular flexibility index (Phi) is 6.52. The molecule has 0 bridgehead atoms. The standard InChI is InChI=1S/C18H38O2Si/c1-13(2)16(5)18(6,7)21(19-8,20-9)17-14(3)11-10-12-15(17)4/h13-17H,10-12H2,1-9H3. The van der Waals surface area contributed by atoms with E-state index in [1.54, 1.807) is 0 Å². The molecular weight excluding hydrogens is 276 g/mol. The van der Waals surface area contributed by atoms with E-state index >= 15 is 0 Å². The molecule has 3 unspecified atom stereocenters. The van der Waals surface area contributed by atoms with E-state index in [1.165, 1.54) is 19.3 Å². The van der Waals surface area contributed by atoms with Gasteiger partial charge in [0.1, 0.15) is 0 Å². The van der Waals surface area contributed by atoms with Gasteiger partial charge in [-0.15, -0.1) is 0 Å². The molecule has 0 aromatic rings. The third-order valence-electron chi connectivity index (χ3n) is 6.63. The fourth-order valence-corrected chi connectivity index (χ4v) is 10.3. The lowest BCUT2D eigenvalue weighted by Gasteiger charge is -2.54. The van der Waals surface area contributed by atoms with E-state index < -0.39 is 8.56 Å². The molecule has 1 fully saturated rings. The van der Waals surface area contributed by atoms with Gasteiger partial charge in [0.2, 0.25) is 0 Å². The fraction of sp³-hybridized carbons (Fsp3) is 1.00. The molecule has 0 heterocycles. The van der Waals surface area contributed by atoms with Crippen molar-refractivity contribution in [1.82, 2.24) is 0 Å². The molecule has 1 aliphatic rings. The third kappa shape index (κ3) is 3.25. The molecular formula is C18H38O2Si. The highest BCUT2D eigenvalue weighted by atomic mass is 28.4. The van der Waals surface area contributed by atoms with Gasteiger partial charge in [0.15, 0.2) is 0 Å². The second-order valence-corrected chi connectivity index (χ2v) is 12.3. The summed E-state index contributed by atoms with van der Waals surface area (Å²) in [7, 11) is 1.48. The monoisotopic (exact) mass is 314 g/mol. The molecule has 0 saturated heterocycles. The first-order valence-electron chi connectivity index (χ1n) is 8.76. The molecule has 3 atom stereocenters. The lowest BCUT2D eigenvalue weighted by Crippen LogP contribution is -2.60. The first-order valence-corrected chi connectivity index (χ1v) is 10.6. The average molecular weight is 315 g/mol. The van der Waals surface area contributed by atoms with Gasteiger partial charge in [-0.2, -0.15) is 0 Å². The Bertz CT molecular complexity index is 313. The second-order valence-electron chi connectivity index (χ2n) is 8.24. The number of hydrogen-bond acceptors (Lipinski definition) is 2. The highest BCUT2D eigenvalue weighted by Crippen LogP contribution is 2.58. The average Bonchev–Trinajstić information content (AvgIpc) is 2.42. The van der Waals surface area contributed by atoms with Crippen molar-refractivity contribution in [3.8, 4) is 0 Å². The van der Waals surface area contributed by atoms with Crippen molar-refractivity contribution in [2.45, 2.75) is 78.3 Å². The van der Waals surface area contributed by atoms with E-state index in [0.29, 0.717) is 29.2 Å². The van der Waals surface area contributed by atoms with Crippen LogP contribution in [0.25, 0.3) is 0 Å². The van der Waals surface area contributed by atoms with Gasteiger partial charge >= 0.3 is 8.56 Å². The Morgan fingerprint density at radius 1 is 0.952 bits per heavy atom. The molecule has 0 spiro atoms. The van der Waals surface area contributed by atoms with E-state index in [2.05, 4.69) is 48.5 Å². The first kappa shape index (κ1) is 19.2. The van der Waals surface area contributed by atoms with Gasteiger partial charge in [0, 0.05) is 24.8 Å². The van der Waals surface area contributed by atoms with Crippen LogP contribution in [0.1, 0.15) is 67.7 Å². The topological polar surface area (TPSA) is 18.5 Å². The van der Waals surface area contributed by atoms with Crippen LogP contribution >= 0.6 is 0 Å². The van der Waals surface area contributed by atoms with Crippen molar-refractivity contribution >= 4 is 8.56 Å². The molecule has 0 aliphatic heterocycles. The van der Waals surface area contributed by atoms with Gasteiger partial charge in [0.25, 0.3) is 0 Å². The molecule has 0 amide bonds. The van der Waals surface area contributed by atoms with Crippen LogP contribution in [-0.2, 0) is 8.85 Å². The largest absolute Gasteiger partial charge is 0.397 e. The summed E-state index contributed by atoms with van der Waals surface area (Å²) in [6, 6.07) is 0. The van der Waals surface area contributed by atoms with Crippen LogP contribution in [-0.4, -0.2) is 22.8 Å². The van der Waals surface area contributed by atoms with Crippen LogP contribution in [0.5, 0.6) is 0 Å². The smallest absolute Gasteiger partial charge is 0.347 e. The maximum atomic E-state index is 6.32. The molecule has 1 saturated carbocycles. The molecule has 21 heavy (non-hydrogen) atoms. The summed E-state index contributed by atoms with van der Waals surface area (Å²) in [5, 5.41) is 0.106. The fourth-order valence-electron chi connectivity index (χ4n) is 4.89. The van der Waals surface area contributed by atoms with Crippen LogP contribution in [0.2, 0.25) is 10.6 Å². The Hall–Kier alpha value is 0.137. The molecule has 3 heteroatoms. The van der Waals surface area contributed by atoms with Crippen molar-refractivity contribution in [2.24, 2.45) is 23.7 Å². The summed E-state index contributed by atoms with van der Waals surface area (Å²) in [5.41, 5.74) is 0.595. The maximum absolute atomic E-state index is 6.32. The molecule has 2 nitrogen and oxygen atoms in total. The van der Waals surface area contributed by atoms with Crippen LogP contribution in [0, 0.1) is 23.7 Å². The minimum Gasteiger partial charge on any atom is -0.397 e. The summed E-state index contributed by atoms with van der Waals surface area (Å²) in [6.07, 6.45) is 4.00. The quantitative estimate of drug-likeness (QED) is 0.592. The molecule has 1 rings (SSSR count). The summed E-state index contributed by atoms with van der Waals surface area (Å²) < 4.78 is 12.6. The summed E-state index contributed by atoms with van der Waals surface area (Å²) in [6.45, 7) is 16.6. The third-order valence-corrected chi connectivity index (χ3v) is 12.1. The number of rotatable bonds is 6. The van der Waals surface area contributed by atoms with E-state index in [4.69, 9.17) is 8.85 Å². The SMILES string of the molecule is CO[Si](OC)(C1C(C)CCCC1C)C(C)(C)C(C)C(C)C. The lowest BCUT2D eigenvalue weighted by molar-refractivity contribution is 0.127. The molecule has 0 N–H and O–H groups in total. The zero-order valence-corrected chi connectivity index (χ0v) is 16.8. The zero-order chi connectivity index (χ0) is 16.4. The molecule has 0 radical (unpaired) electrons. The molecule has 1 aliphatic carbocycles. The van der Waals surface area contributed by atoms with Gasteiger partial charge in [-0.3, -0.25) is 0 Å². The van der Waals surface area contributed by atoms with Crippen LogP contribution in [0.3, 0.4) is 0 Å². The first-order chi connectivity index (χ1) is 9.65. The Balaban J connectivity index is 3.29. The zero-order valence-electron chi connectivity index (χ0n) is 15.8. The summed E-state index contributed by atoms with van der Waals surface area (Å²) in [4.78, 5) is 0.